The van der Waals surface area contributed by atoms with E-state index in [1.165, 1.54) is 0 Å². The molecule has 0 bridgehead atoms. The Morgan fingerprint density at radius 1 is 1.15 bits per heavy atom. The highest BCUT2D eigenvalue weighted by atomic mass is 127. The molecule has 1 heterocycles. The van der Waals surface area contributed by atoms with Gasteiger partial charge in [-0.25, -0.2) is 4.79 Å². The highest BCUT2D eigenvalue weighted by Crippen LogP contribution is 2.27. The molecule has 0 N–H and O–H groups in total. The molecular weight excluding hydrogens is 442 g/mol. The van der Waals surface area contributed by atoms with E-state index in [2.05, 4.69) is 22.6 Å². The van der Waals surface area contributed by atoms with Crippen molar-refractivity contribution in [1.29, 1.82) is 0 Å². The van der Waals surface area contributed by atoms with Gasteiger partial charge in [0.15, 0.2) is 0 Å². The summed E-state index contributed by atoms with van der Waals surface area (Å²) >= 11 is 2.17. The predicted octanol–water partition coefficient (Wildman–Crippen LogP) is 5.08. The number of halogens is 1. The maximum Gasteiger partial charge on any atom is 0.338 e. The second kappa shape index (κ2) is 9.23. The zero-order valence-corrected chi connectivity index (χ0v) is 16.7. The Bertz CT molecular complexity index is 876. The molecule has 1 radical (unpaired) electrons. The van der Waals surface area contributed by atoms with Crippen molar-refractivity contribution in [2.24, 2.45) is 0 Å². The number of benzene rings is 2. The number of fused-ring (bicyclic) bond motifs is 1. The van der Waals surface area contributed by atoms with Gasteiger partial charge in [0.2, 0.25) is 0 Å². The molecule has 0 aliphatic rings. The second-order valence-electron chi connectivity index (χ2n) is 5.90. The molecule has 0 atom stereocenters. The lowest BCUT2D eigenvalue weighted by Crippen LogP contribution is -2.07. The van der Waals surface area contributed by atoms with Crippen LogP contribution in [0.3, 0.4) is 0 Å². The SMILES string of the molecule is C[B]CCOC(=O)c1cc(I)c2oc(COCc3ccccc3)cc2c1. The first kappa shape index (κ1) is 19.0. The lowest BCUT2D eigenvalue weighted by Gasteiger charge is -2.04. The van der Waals surface area contributed by atoms with E-state index >= 15 is 0 Å². The van der Waals surface area contributed by atoms with Crippen LogP contribution in [0.15, 0.2) is 52.9 Å². The molecule has 2 aromatic carbocycles. The van der Waals surface area contributed by atoms with Crippen LogP contribution in [0.5, 0.6) is 0 Å². The molecule has 0 spiro atoms. The van der Waals surface area contributed by atoms with Crippen LogP contribution in [0.1, 0.15) is 21.7 Å². The molecule has 0 saturated heterocycles. The van der Waals surface area contributed by atoms with Crippen LogP contribution < -0.4 is 0 Å². The molecule has 0 aliphatic carbocycles. The van der Waals surface area contributed by atoms with Crippen molar-refractivity contribution in [3.05, 3.63) is 69.0 Å². The summed E-state index contributed by atoms with van der Waals surface area (Å²) in [5.41, 5.74) is 2.42. The van der Waals surface area contributed by atoms with Crippen LogP contribution in [0.4, 0.5) is 0 Å². The first-order valence-corrected chi connectivity index (χ1v) is 9.54. The number of hydrogen-bond donors (Lipinski definition) is 0. The van der Waals surface area contributed by atoms with Gasteiger partial charge in [-0.1, -0.05) is 37.2 Å². The lowest BCUT2D eigenvalue weighted by molar-refractivity contribution is 0.0526. The Hall–Kier alpha value is -1.80. The van der Waals surface area contributed by atoms with Gasteiger partial charge in [0.1, 0.15) is 25.2 Å². The third kappa shape index (κ3) is 4.89. The summed E-state index contributed by atoms with van der Waals surface area (Å²) in [4.78, 5) is 12.2. The zero-order chi connectivity index (χ0) is 18.4. The minimum absolute atomic E-state index is 0.310. The minimum Gasteiger partial charge on any atom is -0.463 e. The van der Waals surface area contributed by atoms with Gasteiger partial charge in [0.05, 0.1) is 22.3 Å². The maximum absolute atomic E-state index is 12.2. The van der Waals surface area contributed by atoms with Gasteiger partial charge in [-0.3, -0.25) is 0 Å². The summed E-state index contributed by atoms with van der Waals surface area (Å²) in [6, 6.07) is 15.5. The normalized spacial score (nSPS) is 10.8. The molecule has 0 fully saturated rings. The van der Waals surface area contributed by atoms with Crippen LogP contribution >= 0.6 is 22.6 Å². The fourth-order valence-electron chi connectivity index (χ4n) is 2.55. The summed E-state index contributed by atoms with van der Waals surface area (Å²) in [5, 5.41) is 0.879. The molecule has 0 amide bonds. The fourth-order valence-corrected chi connectivity index (χ4v) is 3.31. The third-order valence-corrected chi connectivity index (χ3v) is 4.65. The number of hydrogen-bond acceptors (Lipinski definition) is 4. The van der Waals surface area contributed by atoms with Crippen molar-refractivity contribution in [2.75, 3.05) is 6.61 Å². The number of ether oxygens (including phenoxy) is 2. The number of carbonyl (C=O) groups is 1. The summed E-state index contributed by atoms with van der Waals surface area (Å²) < 4.78 is 17.7. The van der Waals surface area contributed by atoms with Gasteiger partial charge in [0, 0.05) is 5.39 Å². The standard InChI is InChI=1S/C20H19BIO4/c1-21-7-8-25-20(23)16-9-15-10-17(26-19(15)18(22)11-16)13-24-12-14-5-3-2-4-6-14/h2-6,9-11H,7-8,12-13H2,1H3. The van der Waals surface area contributed by atoms with Gasteiger partial charge < -0.3 is 13.9 Å². The van der Waals surface area contributed by atoms with Crippen molar-refractivity contribution < 1.29 is 18.7 Å². The predicted molar refractivity (Wildman–Crippen MR) is 111 cm³/mol. The smallest absolute Gasteiger partial charge is 0.338 e. The van der Waals surface area contributed by atoms with Crippen molar-refractivity contribution in [1.82, 2.24) is 0 Å². The molecule has 0 saturated carbocycles. The Labute approximate surface area is 167 Å². The third-order valence-electron chi connectivity index (χ3n) is 3.85. The lowest BCUT2D eigenvalue weighted by atomic mass is 9.79. The molecule has 6 heteroatoms. The second-order valence-corrected chi connectivity index (χ2v) is 7.06. The minimum atomic E-state index is -0.310. The van der Waals surface area contributed by atoms with E-state index in [4.69, 9.17) is 13.9 Å². The van der Waals surface area contributed by atoms with E-state index in [0.717, 1.165) is 32.2 Å². The van der Waals surface area contributed by atoms with Crippen LogP contribution in [-0.2, 0) is 22.7 Å². The van der Waals surface area contributed by atoms with Crippen LogP contribution in [0.2, 0.25) is 13.1 Å². The highest BCUT2D eigenvalue weighted by Gasteiger charge is 2.14. The average Bonchev–Trinajstić information content (AvgIpc) is 3.06. The molecule has 3 rings (SSSR count). The summed E-state index contributed by atoms with van der Waals surface area (Å²) in [7, 11) is 1.97. The largest absolute Gasteiger partial charge is 0.463 e. The summed E-state index contributed by atoms with van der Waals surface area (Å²) in [6.07, 6.45) is 0.750. The zero-order valence-electron chi connectivity index (χ0n) is 14.5. The monoisotopic (exact) mass is 461 g/mol. The fraction of sp³-hybridized carbons (Fsp3) is 0.250. The van der Waals surface area contributed by atoms with Gasteiger partial charge in [-0.15, -0.1) is 0 Å². The van der Waals surface area contributed by atoms with E-state index in [0.29, 0.717) is 25.4 Å². The quantitative estimate of drug-likeness (QED) is 0.203. The van der Waals surface area contributed by atoms with E-state index in [1.807, 2.05) is 50.5 Å². The Morgan fingerprint density at radius 3 is 2.73 bits per heavy atom. The summed E-state index contributed by atoms with van der Waals surface area (Å²) in [6.45, 7) is 3.25. The van der Waals surface area contributed by atoms with E-state index in [-0.39, 0.29) is 5.97 Å². The molecule has 133 valence electrons. The first-order valence-electron chi connectivity index (χ1n) is 8.46. The Morgan fingerprint density at radius 2 is 1.96 bits per heavy atom. The van der Waals surface area contributed by atoms with Crippen LogP contribution in [0, 0.1) is 3.57 Å². The van der Waals surface area contributed by atoms with Crippen molar-refractivity contribution in [2.45, 2.75) is 26.4 Å². The topological polar surface area (TPSA) is 48.7 Å². The molecule has 26 heavy (non-hydrogen) atoms. The number of esters is 1. The number of carbonyl (C=O) groups excluding carboxylic acids is 1. The molecule has 4 nitrogen and oxygen atoms in total. The van der Waals surface area contributed by atoms with Crippen LogP contribution in [0.25, 0.3) is 11.0 Å². The highest BCUT2D eigenvalue weighted by molar-refractivity contribution is 14.1. The first-order chi connectivity index (χ1) is 12.7. The van der Waals surface area contributed by atoms with Crippen LogP contribution in [-0.4, -0.2) is 19.9 Å². The van der Waals surface area contributed by atoms with Gasteiger partial charge in [0.25, 0.3) is 0 Å². The van der Waals surface area contributed by atoms with Gasteiger partial charge in [-0.05, 0) is 52.7 Å². The van der Waals surface area contributed by atoms with E-state index in [9.17, 15) is 4.79 Å². The van der Waals surface area contributed by atoms with Gasteiger partial charge in [-0.2, -0.15) is 0 Å². The molecule has 3 aromatic rings. The van der Waals surface area contributed by atoms with Crippen molar-refractivity contribution >= 4 is 46.8 Å². The molecule has 1 aromatic heterocycles. The summed E-state index contributed by atoms with van der Waals surface area (Å²) in [5.74, 6) is 0.426. The molecular formula is C20H19BIO4. The average molecular weight is 461 g/mol. The van der Waals surface area contributed by atoms with E-state index in [1.54, 1.807) is 12.1 Å². The van der Waals surface area contributed by atoms with Crippen molar-refractivity contribution in [3.8, 4) is 0 Å². The van der Waals surface area contributed by atoms with Crippen molar-refractivity contribution in [3.63, 3.8) is 0 Å². The van der Waals surface area contributed by atoms with E-state index < -0.39 is 0 Å². The number of furan rings is 1. The maximum atomic E-state index is 12.2. The molecule has 0 aliphatic heterocycles. The number of rotatable bonds is 8. The Kier molecular flexibility index (Phi) is 6.74. The molecule has 0 unspecified atom stereocenters. The Balaban J connectivity index is 1.67. The van der Waals surface area contributed by atoms with Gasteiger partial charge >= 0.3 is 5.97 Å².